The quantitative estimate of drug-likeness (QED) is 0.880. The maximum atomic E-state index is 12.7. The fourth-order valence-corrected chi connectivity index (χ4v) is 3.61. The van der Waals surface area contributed by atoms with Gasteiger partial charge >= 0.3 is 5.97 Å². The highest BCUT2D eigenvalue weighted by atomic mass is 32.1. The minimum atomic E-state index is -1.05. The normalized spacial score (nSPS) is 16.7. The number of carboxylic acid groups (broad SMARTS) is 1. The lowest BCUT2D eigenvalue weighted by molar-refractivity contribution is -0.119. The van der Waals surface area contributed by atoms with Crippen molar-refractivity contribution in [3.63, 3.8) is 0 Å². The Labute approximate surface area is 149 Å². The van der Waals surface area contributed by atoms with Crippen molar-refractivity contribution in [2.75, 3.05) is 11.9 Å². The summed E-state index contributed by atoms with van der Waals surface area (Å²) in [5, 5.41) is 13.7. The van der Waals surface area contributed by atoms with Crippen LogP contribution in [0.3, 0.4) is 0 Å². The van der Waals surface area contributed by atoms with Gasteiger partial charge < -0.3 is 15.3 Å². The van der Waals surface area contributed by atoms with E-state index >= 15 is 0 Å². The number of carboxylic acids is 1. The van der Waals surface area contributed by atoms with E-state index in [9.17, 15) is 14.4 Å². The van der Waals surface area contributed by atoms with Crippen molar-refractivity contribution >= 4 is 34.8 Å². The van der Waals surface area contributed by atoms with Crippen LogP contribution in [0.1, 0.15) is 38.4 Å². The van der Waals surface area contributed by atoms with Crippen LogP contribution in [0.5, 0.6) is 0 Å². The molecule has 130 valence electrons. The van der Waals surface area contributed by atoms with E-state index in [1.807, 2.05) is 11.4 Å². The van der Waals surface area contributed by atoms with Gasteiger partial charge in [-0.25, -0.2) is 4.79 Å². The van der Waals surface area contributed by atoms with Crippen LogP contribution in [0.15, 0.2) is 35.7 Å². The molecule has 1 aliphatic rings. The number of carbonyl (C=O) groups excluding carboxylic acids is 2. The van der Waals surface area contributed by atoms with Crippen molar-refractivity contribution in [2.24, 2.45) is 0 Å². The topological polar surface area (TPSA) is 86.7 Å². The zero-order valence-electron chi connectivity index (χ0n) is 13.7. The highest BCUT2D eigenvalue weighted by Gasteiger charge is 2.35. The number of nitrogens with zero attached hydrogens (tertiary/aromatic N) is 1. The molecular weight excluding hydrogens is 340 g/mol. The van der Waals surface area contributed by atoms with Gasteiger partial charge in [-0.3, -0.25) is 9.59 Å². The lowest BCUT2D eigenvalue weighted by Crippen LogP contribution is -2.43. The third-order valence-electron chi connectivity index (χ3n) is 4.29. The number of carbonyl (C=O) groups is 3. The van der Waals surface area contributed by atoms with Crippen LogP contribution in [0.2, 0.25) is 0 Å². The Hall–Kier alpha value is -2.67. The highest BCUT2D eigenvalue weighted by molar-refractivity contribution is 7.12. The number of nitrogens with one attached hydrogen (secondary N) is 1. The first-order valence-corrected chi connectivity index (χ1v) is 8.84. The van der Waals surface area contributed by atoms with Gasteiger partial charge in [-0.05, 0) is 48.9 Å². The summed E-state index contributed by atoms with van der Waals surface area (Å²) in [5.74, 6) is -1.47. The molecule has 1 aliphatic heterocycles. The summed E-state index contributed by atoms with van der Waals surface area (Å²) in [7, 11) is 0. The van der Waals surface area contributed by atoms with Crippen LogP contribution in [-0.4, -0.2) is 40.4 Å². The molecule has 2 N–H and O–H groups in total. The van der Waals surface area contributed by atoms with Gasteiger partial charge in [0.1, 0.15) is 6.04 Å². The number of likely N-dealkylation sites (tertiary alicyclic amines) is 1. The SMILES string of the molecule is Cc1ccc(C(=O)O)cc1NC(=O)[C@@H]1CCCN1C(=O)c1cccs1. The van der Waals surface area contributed by atoms with Gasteiger partial charge in [-0.15, -0.1) is 11.3 Å². The number of anilines is 1. The Morgan fingerprint density at radius 2 is 2.08 bits per heavy atom. The van der Waals surface area contributed by atoms with Crippen LogP contribution in [0.4, 0.5) is 5.69 Å². The number of thiophene rings is 1. The Morgan fingerprint density at radius 1 is 1.28 bits per heavy atom. The van der Waals surface area contributed by atoms with E-state index < -0.39 is 12.0 Å². The number of aryl methyl sites for hydroxylation is 1. The van der Waals surface area contributed by atoms with Gasteiger partial charge in [-0.2, -0.15) is 0 Å². The van der Waals surface area contributed by atoms with E-state index in [1.165, 1.54) is 23.5 Å². The molecule has 1 fully saturated rings. The molecule has 0 unspecified atom stereocenters. The number of rotatable bonds is 4. The molecule has 25 heavy (non-hydrogen) atoms. The maximum absolute atomic E-state index is 12.7. The van der Waals surface area contributed by atoms with Crippen LogP contribution < -0.4 is 5.32 Å². The average Bonchev–Trinajstić information content (AvgIpc) is 3.27. The van der Waals surface area contributed by atoms with E-state index in [1.54, 1.807) is 24.0 Å². The monoisotopic (exact) mass is 358 g/mol. The summed E-state index contributed by atoms with van der Waals surface area (Å²) >= 11 is 1.36. The van der Waals surface area contributed by atoms with Crippen molar-refractivity contribution in [2.45, 2.75) is 25.8 Å². The Kier molecular flexibility index (Phi) is 4.85. The molecule has 0 radical (unpaired) electrons. The molecule has 6 nitrogen and oxygen atoms in total. The average molecular weight is 358 g/mol. The van der Waals surface area contributed by atoms with E-state index in [0.717, 1.165) is 12.0 Å². The Balaban J connectivity index is 1.77. The fraction of sp³-hybridized carbons (Fsp3) is 0.278. The van der Waals surface area contributed by atoms with E-state index in [-0.39, 0.29) is 17.4 Å². The zero-order chi connectivity index (χ0) is 18.0. The molecular formula is C18H18N2O4S. The summed E-state index contributed by atoms with van der Waals surface area (Å²) in [6.07, 6.45) is 1.37. The molecule has 3 rings (SSSR count). The molecule has 1 atom stereocenters. The minimum Gasteiger partial charge on any atom is -0.478 e. The second-order valence-electron chi connectivity index (χ2n) is 5.96. The molecule has 2 amide bonds. The van der Waals surface area contributed by atoms with Gasteiger partial charge in [-0.1, -0.05) is 12.1 Å². The summed E-state index contributed by atoms with van der Waals surface area (Å²) in [4.78, 5) is 38.6. The number of aromatic carboxylic acids is 1. The first-order chi connectivity index (χ1) is 12.0. The van der Waals surface area contributed by atoms with Crippen LogP contribution in [-0.2, 0) is 4.79 Å². The number of benzene rings is 1. The van der Waals surface area contributed by atoms with Crippen LogP contribution in [0.25, 0.3) is 0 Å². The van der Waals surface area contributed by atoms with E-state index in [0.29, 0.717) is 23.5 Å². The van der Waals surface area contributed by atoms with Gasteiger partial charge in [0.25, 0.3) is 5.91 Å². The van der Waals surface area contributed by atoms with Gasteiger partial charge in [0.05, 0.1) is 10.4 Å². The van der Waals surface area contributed by atoms with Crippen molar-refractivity contribution in [3.8, 4) is 0 Å². The smallest absolute Gasteiger partial charge is 0.335 e. The summed E-state index contributed by atoms with van der Waals surface area (Å²) in [6, 6.07) is 7.61. The van der Waals surface area contributed by atoms with Crippen molar-refractivity contribution in [1.82, 2.24) is 4.90 Å². The number of hydrogen-bond donors (Lipinski definition) is 2. The molecule has 0 spiro atoms. The Bertz CT molecular complexity index is 816. The third kappa shape index (κ3) is 3.56. The van der Waals surface area contributed by atoms with Crippen molar-refractivity contribution < 1.29 is 19.5 Å². The molecule has 1 saturated heterocycles. The molecule has 7 heteroatoms. The zero-order valence-corrected chi connectivity index (χ0v) is 14.5. The molecule has 2 heterocycles. The molecule has 1 aromatic carbocycles. The fourth-order valence-electron chi connectivity index (χ4n) is 2.93. The first-order valence-electron chi connectivity index (χ1n) is 7.96. The Morgan fingerprint density at radius 3 is 2.76 bits per heavy atom. The highest BCUT2D eigenvalue weighted by Crippen LogP contribution is 2.24. The van der Waals surface area contributed by atoms with Gasteiger partial charge in [0, 0.05) is 12.2 Å². The van der Waals surface area contributed by atoms with Gasteiger partial charge in [0.15, 0.2) is 0 Å². The summed E-state index contributed by atoms with van der Waals surface area (Å²) < 4.78 is 0. The first kappa shape index (κ1) is 17.2. The van der Waals surface area contributed by atoms with E-state index in [2.05, 4.69) is 5.32 Å². The second kappa shape index (κ2) is 7.06. The van der Waals surface area contributed by atoms with Gasteiger partial charge in [0.2, 0.25) is 5.91 Å². The molecule has 0 aliphatic carbocycles. The van der Waals surface area contributed by atoms with Crippen LogP contribution in [0, 0.1) is 6.92 Å². The predicted octanol–water partition coefficient (Wildman–Crippen LogP) is 3.00. The van der Waals surface area contributed by atoms with Crippen molar-refractivity contribution in [1.29, 1.82) is 0 Å². The maximum Gasteiger partial charge on any atom is 0.335 e. The largest absolute Gasteiger partial charge is 0.478 e. The summed E-state index contributed by atoms with van der Waals surface area (Å²) in [5.41, 5.74) is 1.34. The third-order valence-corrected chi connectivity index (χ3v) is 5.15. The van der Waals surface area contributed by atoms with Crippen molar-refractivity contribution in [3.05, 3.63) is 51.7 Å². The predicted molar refractivity (Wildman–Crippen MR) is 95.1 cm³/mol. The molecule has 0 saturated carbocycles. The summed E-state index contributed by atoms with van der Waals surface area (Å²) in [6.45, 7) is 2.34. The standard InChI is InChI=1S/C18H18N2O4S/c1-11-6-7-12(18(23)24)10-13(11)19-16(21)14-4-2-8-20(14)17(22)15-5-3-9-25-15/h3,5-7,9-10,14H,2,4,8H2,1H3,(H,19,21)(H,23,24)/t14-/m0/s1. The second-order valence-corrected chi connectivity index (χ2v) is 6.91. The molecule has 1 aromatic heterocycles. The minimum absolute atomic E-state index is 0.110. The van der Waals surface area contributed by atoms with Crippen LogP contribution >= 0.6 is 11.3 Å². The number of amides is 2. The number of hydrogen-bond acceptors (Lipinski definition) is 4. The molecule has 0 bridgehead atoms. The molecule has 2 aromatic rings. The van der Waals surface area contributed by atoms with E-state index in [4.69, 9.17) is 5.11 Å². The lowest BCUT2D eigenvalue weighted by Gasteiger charge is -2.24. The lowest BCUT2D eigenvalue weighted by atomic mass is 10.1.